The van der Waals surface area contributed by atoms with E-state index in [0.29, 0.717) is 6.42 Å². The summed E-state index contributed by atoms with van der Waals surface area (Å²) in [6, 6.07) is -1.71. The van der Waals surface area contributed by atoms with Gasteiger partial charge in [-0.25, -0.2) is 4.79 Å². The van der Waals surface area contributed by atoms with Crippen LogP contribution in [0.15, 0.2) is 0 Å². The minimum Gasteiger partial charge on any atom is -0.480 e. The molecule has 0 aliphatic heterocycles. The molecule has 0 aromatic heterocycles. The van der Waals surface area contributed by atoms with Crippen LogP contribution in [0.5, 0.6) is 0 Å². The number of hydrogen-bond acceptors (Lipinski definition) is 4. The Morgan fingerprint density at radius 3 is 2.12 bits per heavy atom. The quantitative estimate of drug-likeness (QED) is 0.484. The topological polar surface area (TPSA) is 113 Å². The van der Waals surface area contributed by atoms with Crippen molar-refractivity contribution in [2.24, 2.45) is 11.7 Å². The molecule has 0 unspecified atom stereocenters. The van der Waals surface area contributed by atoms with Crippen LogP contribution in [-0.2, 0) is 9.59 Å². The molecule has 0 aliphatic carbocycles. The molecule has 3 atom stereocenters. The van der Waals surface area contributed by atoms with Gasteiger partial charge in [-0.15, -0.1) is 0 Å². The average Bonchev–Trinajstić information content (AvgIpc) is 2.14. The molecular weight excluding hydrogens is 212 g/mol. The van der Waals surface area contributed by atoms with E-state index in [1.807, 2.05) is 13.8 Å². The number of hydrogen-bond donors (Lipinski definition) is 4. The van der Waals surface area contributed by atoms with Gasteiger partial charge in [0.15, 0.2) is 0 Å². The standard InChI is InChI=1S/C10H20N2O4/c1-5(2)4-7(10(15)16)12-9(14)8(13)6(3)11/h5-8,13H,4,11H2,1-3H3,(H,12,14)(H,15,16)/t6-,7+,8+/m1/s1. The lowest BCUT2D eigenvalue weighted by molar-refractivity contribution is -0.144. The van der Waals surface area contributed by atoms with Gasteiger partial charge in [-0.1, -0.05) is 13.8 Å². The first-order valence-corrected chi connectivity index (χ1v) is 5.22. The maximum atomic E-state index is 11.4. The lowest BCUT2D eigenvalue weighted by atomic mass is 10.0. The van der Waals surface area contributed by atoms with Crippen LogP contribution >= 0.6 is 0 Å². The monoisotopic (exact) mass is 232 g/mol. The molecule has 0 aromatic carbocycles. The molecule has 0 bridgehead atoms. The Balaban J connectivity index is 4.40. The van der Waals surface area contributed by atoms with Crippen LogP contribution in [0.2, 0.25) is 0 Å². The van der Waals surface area contributed by atoms with E-state index in [-0.39, 0.29) is 5.92 Å². The molecule has 0 fully saturated rings. The van der Waals surface area contributed by atoms with Gasteiger partial charge in [0, 0.05) is 6.04 Å². The minimum atomic E-state index is -1.38. The van der Waals surface area contributed by atoms with Gasteiger partial charge in [0.25, 0.3) is 5.91 Å². The molecule has 5 N–H and O–H groups in total. The van der Waals surface area contributed by atoms with Crippen LogP contribution in [0, 0.1) is 5.92 Å². The van der Waals surface area contributed by atoms with Crippen molar-refractivity contribution in [1.82, 2.24) is 5.32 Å². The molecule has 6 nitrogen and oxygen atoms in total. The van der Waals surface area contributed by atoms with Gasteiger partial charge < -0.3 is 21.3 Å². The molecule has 0 saturated heterocycles. The van der Waals surface area contributed by atoms with Crippen molar-refractivity contribution in [2.75, 3.05) is 0 Å². The van der Waals surface area contributed by atoms with Crippen molar-refractivity contribution in [2.45, 2.75) is 45.4 Å². The van der Waals surface area contributed by atoms with E-state index in [0.717, 1.165) is 0 Å². The Morgan fingerprint density at radius 2 is 1.81 bits per heavy atom. The predicted octanol–water partition coefficient (Wildman–Crippen LogP) is -0.690. The van der Waals surface area contributed by atoms with Crippen LogP contribution in [0.4, 0.5) is 0 Å². The Hall–Kier alpha value is -1.14. The van der Waals surface area contributed by atoms with Crippen LogP contribution in [0.3, 0.4) is 0 Å². The molecule has 0 aromatic rings. The minimum absolute atomic E-state index is 0.133. The van der Waals surface area contributed by atoms with Crippen molar-refractivity contribution in [1.29, 1.82) is 0 Å². The lowest BCUT2D eigenvalue weighted by Crippen LogP contribution is -2.50. The molecule has 94 valence electrons. The Kier molecular flexibility index (Phi) is 5.98. The van der Waals surface area contributed by atoms with E-state index >= 15 is 0 Å². The lowest BCUT2D eigenvalue weighted by Gasteiger charge is -2.20. The number of amides is 1. The fourth-order valence-electron chi connectivity index (χ4n) is 1.19. The third-order valence-corrected chi connectivity index (χ3v) is 2.09. The number of aliphatic carboxylic acids is 1. The third-order valence-electron chi connectivity index (χ3n) is 2.09. The molecule has 0 rings (SSSR count). The number of aliphatic hydroxyl groups is 1. The number of rotatable bonds is 6. The zero-order valence-electron chi connectivity index (χ0n) is 9.80. The van der Waals surface area contributed by atoms with Crippen molar-refractivity contribution < 1.29 is 19.8 Å². The van der Waals surface area contributed by atoms with Gasteiger partial charge >= 0.3 is 5.97 Å². The molecular formula is C10H20N2O4. The predicted molar refractivity (Wildman–Crippen MR) is 58.7 cm³/mol. The second kappa shape index (κ2) is 6.44. The van der Waals surface area contributed by atoms with Crippen molar-refractivity contribution in [3.05, 3.63) is 0 Å². The van der Waals surface area contributed by atoms with E-state index in [1.54, 1.807) is 0 Å². The highest BCUT2D eigenvalue weighted by Crippen LogP contribution is 2.05. The number of aliphatic hydroxyl groups excluding tert-OH is 1. The molecule has 0 aliphatic rings. The van der Waals surface area contributed by atoms with Crippen LogP contribution in [0.1, 0.15) is 27.2 Å². The van der Waals surface area contributed by atoms with Crippen molar-refractivity contribution in [3.63, 3.8) is 0 Å². The van der Waals surface area contributed by atoms with Gasteiger partial charge in [0.1, 0.15) is 12.1 Å². The number of carboxylic acid groups (broad SMARTS) is 1. The molecule has 0 heterocycles. The third kappa shape index (κ3) is 5.09. The second-order valence-corrected chi connectivity index (χ2v) is 4.33. The van der Waals surface area contributed by atoms with E-state index in [2.05, 4.69) is 5.32 Å². The first-order chi connectivity index (χ1) is 7.25. The summed E-state index contributed by atoms with van der Waals surface area (Å²) >= 11 is 0. The maximum Gasteiger partial charge on any atom is 0.326 e. The smallest absolute Gasteiger partial charge is 0.326 e. The first kappa shape index (κ1) is 14.9. The van der Waals surface area contributed by atoms with Gasteiger partial charge in [-0.3, -0.25) is 4.79 Å². The fourth-order valence-corrected chi connectivity index (χ4v) is 1.19. The molecule has 16 heavy (non-hydrogen) atoms. The highest BCUT2D eigenvalue weighted by atomic mass is 16.4. The van der Waals surface area contributed by atoms with E-state index in [4.69, 9.17) is 10.8 Å². The summed E-state index contributed by atoms with van der Waals surface area (Å²) in [7, 11) is 0. The highest BCUT2D eigenvalue weighted by Gasteiger charge is 2.26. The molecule has 0 spiro atoms. The fraction of sp³-hybridized carbons (Fsp3) is 0.800. The molecule has 0 saturated carbocycles. The molecule has 1 amide bonds. The second-order valence-electron chi connectivity index (χ2n) is 4.33. The molecule has 0 radical (unpaired) electrons. The SMILES string of the molecule is CC(C)C[C@H](NC(=O)[C@@H](O)[C@@H](C)N)C(=O)O. The number of carbonyl (C=O) groups is 2. The largest absolute Gasteiger partial charge is 0.480 e. The first-order valence-electron chi connectivity index (χ1n) is 5.22. The summed E-state index contributed by atoms with van der Waals surface area (Å²) in [5, 5.41) is 20.5. The Morgan fingerprint density at radius 1 is 1.31 bits per heavy atom. The summed E-state index contributed by atoms with van der Waals surface area (Å²) in [6.45, 7) is 5.18. The number of carboxylic acids is 1. The van der Waals surface area contributed by atoms with Gasteiger partial charge in [0.05, 0.1) is 0 Å². The number of nitrogens with two attached hydrogens (primary N) is 1. The Labute approximate surface area is 94.8 Å². The zero-order chi connectivity index (χ0) is 12.9. The van der Waals surface area contributed by atoms with Gasteiger partial charge in [0.2, 0.25) is 0 Å². The van der Waals surface area contributed by atoms with Crippen LogP contribution in [-0.4, -0.2) is 40.3 Å². The highest BCUT2D eigenvalue weighted by molar-refractivity contribution is 5.86. The summed E-state index contributed by atoms with van der Waals surface area (Å²) in [6.07, 6.45) is -1.07. The summed E-state index contributed by atoms with van der Waals surface area (Å²) in [4.78, 5) is 22.2. The van der Waals surface area contributed by atoms with Crippen LogP contribution < -0.4 is 11.1 Å². The van der Waals surface area contributed by atoms with E-state index in [1.165, 1.54) is 6.92 Å². The number of carbonyl (C=O) groups excluding carboxylic acids is 1. The van der Waals surface area contributed by atoms with Gasteiger partial charge in [-0.2, -0.15) is 0 Å². The molecule has 6 heteroatoms. The average molecular weight is 232 g/mol. The summed E-state index contributed by atoms with van der Waals surface area (Å²) in [5.41, 5.74) is 5.33. The van der Waals surface area contributed by atoms with Gasteiger partial charge in [-0.05, 0) is 19.3 Å². The zero-order valence-corrected chi connectivity index (χ0v) is 9.80. The normalized spacial score (nSPS) is 16.6. The van der Waals surface area contributed by atoms with E-state index in [9.17, 15) is 14.7 Å². The van der Waals surface area contributed by atoms with Crippen LogP contribution in [0.25, 0.3) is 0 Å². The van der Waals surface area contributed by atoms with Crippen molar-refractivity contribution in [3.8, 4) is 0 Å². The summed E-state index contributed by atoms with van der Waals surface area (Å²) in [5.74, 6) is -1.73. The summed E-state index contributed by atoms with van der Waals surface area (Å²) < 4.78 is 0. The van der Waals surface area contributed by atoms with E-state index < -0.39 is 30.1 Å². The Bertz CT molecular complexity index is 253. The maximum absolute atomic E-state index is 11.4. The number of nitrogens with one attached hydrogen (secondary N) is 1. The van der Waals surface area contributed by atoms with Crippen molar-refractivity contribution >= 4 is 11.9 Å².